The molecule has 0 aliphatic heterocycles. The predicted molar refractivity (Wildman–Crippen MR) is 69.3 cm³/mol. The third kappa shape index (κ3) is 5.48. The SMILES string of the molecule is O=C(O)NC(CCOCc1ccsc1)C(=O)CCl. The van der Waals surface area contributed by atoms with Gasteiger partial charge in [-0.1, -0.05) is 0 Å². The molecule has 1 aromatic rings. The summed E-state index contributed by atoms with van der Waals surface area (Å²) in [6, 6.07) is 1.14. The summed E-state index contributed by atoms with van der Waals surface area (Å²) < 4.78 is 5.36. The third-order valence-corrected chi connectivity index (χ3v) is 3.21. The van der Waals surface area contributed by atoms with Crippen molar-refractivity contribution in [2.24, 2.45) is 0 Å². The standard InChI is InChI=1S/C11H14ClNO4S/c12-5-10(14)9(13-11(15)16)1-3-17-6-8-2-4-18-7-8/h2,4,7,9,13H,1,3,5-6H2,(H,15,16). The lowest BCUT2D eigenvalue weighted by atomic mass is 10.1. The van der Waals surface area contributed by atoms with Gasteiger partial charge in [0.05, 0.1) is 18.5 Å². The highest BCUT2D eigenvalue weighted by Gasteiger charge is 2.19. The summed E-state index contributed by atoms with van der Waals surface area (Å²) in [4.78, 5) is 21.9. The number of ketones is 1. The van der Waals surface area contributed by atoms with E-state index in [0.29, 0.717) is 13.2 Å². The van der Waals surface area contributed by atoms with E-state index in [0.717, 1.165) is 5.56 Å². The molecule has 1 unspecified atom stereocenters. The zero-order valence-corrected chi connectivity index (χ0v) is 11.2. The molecular formula is C11H14ClNO4S. The number of rotatable bonds is 8. The molecule has 0 aliphatic rings. The lowest BCUT2D eigenvalue weighted by Crippen LogP contribution is -2.41. The van der Waals surface area contributed by atoms with Gasteiger partial charge in [0.25, 0.3) is 0 Å². The first-order chi connectivity index (χ1) is 8.63. The summed E-state index contributed by atoms with van der Waals surface area (Å²) in [7, 11) is 0. The molecule has 0 radical (unpaired) electrons. The van der Waals surface area contributed by atoms with Crippen LogP contribution in [0.3, 0.4) is 0 Å². The molecular weight excluding hydrogens is 278 g/mol. The topological polar surface area (TPSA) is 75.6 Å². The fraction of sp³-hybridized carbons (Fsp3) is 0.455. The summed E-state index contributed by atoms with van der Waals surface area (Å²) in [5.74, 6) is -0.562. The summed E-state index contributed by atoms with van der Waals surface area (Å²) in [5, 5.41) is 14.6. The zero-order valence-electron chi connectivity index (χ0n) is 9.60. The molecule has 0 bridgehead atoms. The molecule has 0 saturated heterocycles. The number of carboxylic acid groups (broad SMARTS) is 1. The van der Waals surface area contributed by atoms with Gasteiger partial charge in [0.15, 0.2) is 5.78 Å². The number of ether oxygens (including phenoxy) is 1. The van der Waals surface area contributed by atoms with Crippen LogP contribution in [-0.2, 0) is 16.1 Å². The monoisotopic (exact) mass is 291 g/mol. The Morgan fingerprint density at radius 2 is 2.33 bits per heavy atom. The number of nitrogens with one attached hydrogen (secondary N) is 1. The molecule has 18 heavy (non-hydrogen) atoms. The van der Waals surface area contributed by atoms with Crippen LogP contribution in [0.5, 0.6) is 0 Å². The maximum absolute atomic E-state index is 11.4. The molecule has 1 heterocycles. The molecule has 1 aromatic heterocycles. The van der Waals surface area contributed by atoms with E-state index in [1.165, 1.54) is 0 Å². The Kier molecular flexibility index (Phi) is 6.70. The molecule has 0 saturated carbocycles. The average Bonchev–Trinajstić information content (AvgIpc) is 2.84. The Morgan fingerprint density at radius 3 is 2.89 bits per heavy atom. The van der Waals surface area contributed by atoms with Crippen molar-refractivity contribution in [2.75, 3.05) is 12.5 Å². The summed E-state index contributed by atoms with van der Waals surface area (Å²) in [6.07, 6.45) is -0.960. The molecule has 100 valence electrons. The number of hydrogen-bond acceptors (Lipinski definition) is 4. The molecule has 5 nitrogen and oxygen atoms in total. The van der Waals surface area contributed by atoms with Crippen molar-refractivity contribution in [3.8, 4) is 0 Å². The molecule has 1 rings (SSSR count). The fourth-order valence-corrected chi connectivity index (χ4v) is 2.16. The van der Waals surface area contributed by atoms with Gasteiger partial charge in [-0.3, -0.25) is 4.79 Å². The Morgan fingerprint density at radius 1 is 1.56 bits per heavy atom. The Balaban J connectivity index is 2.28. The average molecular weight is 292 g/mol. The molecule has 2 N–H and O–H groups in total. The number of Topliss-reactive ketones (excluding diaryl/α,β-unsaturated/α-hetero) is 1. The normalized spacial score (nSPS) is 12.1. The minimum atomic E-state index is -1.24. The lowest BCUT2D eigenvalue weighted by molar-refractivity contribution is -0.119. The van der Waals surface area contributed by atoms with E-state index in [2.05, 4.69) is 5.32 Å². The van der Waals surface area contributed by atoms with Crippen LogP contribution >= 0.6 is 22.9 Å². The van der Waals surface area contributed by atoms with Gasteiger partial charge >= 0.3 is 6.09 Å². The van der Waals surface area contributed by atoms with Crippen LogP contribution in [0.25, 0.3) is 0 Å². The van der Waals surface area contributed by atoms with Gasteiger partial charge in [-0.2, -0.15) is 11.3 Å². The molecule has 1 amide bonds. The van der Waals surface area contributed by atoms with Gasteiger partial charge in [-0.25, -0.2) is 4.79 Å². The van der Waals surface area contributed by atoms with Crippen LogP contribution in [0.4, 0.5) is 4.79 Å². The van der Waals surface area contributed by atoms with E-state index < -0.39 is 12.1 Å². The fourth-order valence-electron chi connectivity index (χ4n) is 1.32. The number of amides is 1. The van der Waals surface area contributed by atoms with Crippen molar-refractivity contribution < 1.29 is 19.4 Å². The van der Waals surface area contributed by atoms with Crippen molar-refractivity contribution in [1.82, 2.24) is 5.32 Å². The van der Waals surface area contributed by atoms with Crippen LogP contribution < -0.4 is 5.32 Å². The van der Waals surface area contributed by atoms with Gasteiger partial charge < -0.3 is 15.2 Å². The van der Waals surface area contributed by atoms with Gasteiger partial charge in [0, 0.05) is 6.61 Å². The van der Waals surface area contributed by atoms with E-state index >= 15 is 0 Å². The summed E-state index contributed by atoms with van der Waals surface area (Å²) in [5.41, 5.74) is 1.06. The van der Waals surface area contributed by atoms with E-state index in [4.69, 9.17) is 21.4 Å². The molecule has 0 spiro atoms. The highest BCUT2D eigenvalue weighted by molar-refractivity contribution is 7.07. The third-order valence-electron chi connectivity index (χ3n) is 2.22. The first-order valence-corrected chi connectivity index (χ1v) is 6.78. The summed E-state index contributed by atoms with van der Waals surface area (Å²) in [6.45, 7) is 0.752. The van der Waals surface area contributed by atoms with Gasteiger partial charge in [0.1, 0.15) is 0 Å². The van der Waals surface area contributed by atoms with Crippen LogP contribution in [0.2, 0.25) is 0 Å². The van der Waals surface area contributed by atoms with Crippen molar-refractivity contribution >= 4 is 34.8 Å². The van der Waals surface area contributed by atoms with Crippen LogP contribution in [0.1, 0.15) is 12.0 Å². The number of carbonyl (C=O) groups excluding carboxylic acids is 1. The highest BCUT2D eigenvalue weighted by Crippen LogP contribution is 2.07. The van der Waals surface area contributed by atoms with Crippen LogP contribution in [-0.4, -0.2) is 35.5 Å². The van der Waals surface area contributed by atoms with E-state index in [1.54, 1.807) is 11.3 Å². The van der Waals surface area contributed by atoms with Crippen molar-refractivity contribution in [3.63, 3.8) is 0 Å². The smallest absolute Gasteiger partial charge is 0.405 e. The van der Waals surface area contributed by atoms with Crippen molar-refractivity contribution in [3.05, 3.63) is 22.4 Å². The number of thiophene rings is 1. The summed E-state index contributed by atoms with van der Waals surface area (Å²) >= 11 is 6.98. The predicted octanol–water partition coefficient (Wildman–Crippen LogP) is 2.10. The Hall–Kier alpha value is -1.11. The van der Waals surface area contributed by atoms with Gasteiger partial charge in [-0.05, 0) is 28.8 Å². The van der Waals surface area contributed by atoms with Crippen molar-refractivity contribution in [1.29, 1.82) is 0 Å². The highest BCUT2D eigenvalue weighted by atomic mass is 35.5. The number of alkyl halides is 1. The number of halogens is 1. The number of carbonyl (C=O) groups is 2. The minimum absolute atomic E-state index is 0.213. The molecule has 0 aromatic carbocycles. The quantitative estimate of drug-likeness (QED) is 0.568. The van der Waals surface area contributed by atoms with Crippen LogP contribution in [0, 0.1) is 0 Å². The second-order valence-electron chi connectivity index (χ2n) is 3.57. The second-order valence-corrected chi connectivity index (χ2v) is 4.62. The first kappa shape index (κ1) is 14.9. The maximum Gasteiger partial charge on any atom is 0.405 e. The maximum atomic E-state index is 11.4. The van der Waals surface area contributed by atoms with E-state index in [1.807, 2.05) is 16.8 Å². The van der Waals surface area contributed by atoms with Gasteiger partial charge in [0.2, 0.25) is 0 Å². The molecule has 1 atom stereocenters. The Bertz CT molecular complexity index is 382. The molecule has 0 fully saturated rings. The lowest BCUT2D eigenvalue weighted by Gasteiger charge is -2.14. The van der Waals surface area contributed by atoms with Crippen molar-refractivity contribution in [2.45, 2.75) is 19.1 Å². The zero-order chi connectivity index (χ0) is 13.4. The Labute approximate surface area is 114 Å². The van der Waals surface area contributed by atoms with Gasteiger partial charge in [-0.15, -0.1) is 11.6 Å². The van der Waals surface area contributed by atoms with Crippen LogP contribution in [0.15, 0.2) is 16.8 Å². The van der Waals surface area contributed by atoms with E-state index in [-0.39, 0.29) is 18.1 Å². The second kappa shape index (κ2) is 8.07. The largest absolute Gasteiger partial charge is 0.465 e. The molecule has 0 aliphatic carbocycles. The van der Waals surface area contributed by atoms with E-state index in [9.17, 15) is 9.59 Å². The molecule has 7 heteroatoms. The minimum Gasteiger partial charge on any atom is -0.465 e. The first-order valence-electron chi connectivity index (χ1n) is 5.30. The number of hydrogen-bond donors (Lipinski definition) is 2.